The molecule has 4 rings (SSSR count). The van der Waals surface area contributed by atoms with Gasteiger partial charge in [0.25, 0.3) is 5.69 Å². The topological polar surface area (TPSA) is 99.7 Å². The van der Waals surface area contributed by atoms with Crippen molar-refractivity contribution in [3.8, 4) is 22.6 Å². The smallest absolute Gasteiger partial charge is 0.342 e. The molecule has 0 unspecified atom stereocenters. The maximum atomic E-state index is 13.6. The highest BCUT2D eigenvalue weighted by atomic mass is 16.6. The average Bonchev–Trinajstić information content (AvgIpc) is 3.25. The number of carbonyl (C=O) groups is 2. The highest BCUT2D eigenvalue weighted by Crippen LogP contribution is 2.41. The Balaban J connectivity index is 2.08. The first-order valence-corrected chi connectivity index (χ1v) is 10.3. The summed E-state index contributed by atoms with van der Waals surface area (Å²) in [6.45, 7) is 1.69. The Hall–Kier alpha value is -4.52. The molecule has 164 valence electrons. The van der Waals surface area contributed by atoms with Crippen LogP contribution in [-0.4, -0.2) is 23.3 Å². The molecule has 7 heteroatoms. The van der Waals surface area contributed by atoms with Gasteiger partial charge in [0.2, 0.25) is 0 Å². The summed E-state index contributed by atoms with van der Waals surface area (Å²) in [5.74, 6) is -1.19. The van der Waals surface area contributed by atoms with Crippen molar-refractivity contribution in [1.82, 2.24) is 0 Å². The first kappa shape index (κ1) is 21.7. The molecular formula is C26H19NO6. The van der Waals surface area contributed by atoms with E-state index in [1.807, 2.05) is 0 Å². The number of para-hydroxylation sites is 1. The molecule has 0 spiro atoms. The number of hydrogen-bond acceptors (Lipinski definition) is 6. The highest BCUT2D eigenvalue weighted by molar-refractivity contribution is 6.19. The third-order valence-electron chi connectivity index (χ3n) is 5.03. The molecule has 0 saturated heterocycles. The van der Waals surface area contributed by atoms with E-state index >= 15 is 0 Å². The van der Waals surface area contributed by atoms with Crippen LogP contribution in [0.2, 0.25) is 0 Å². The van der Waals surface area contributed by atoms with E-state index in [0.717, 1.165) is 0 Å². The van der Waals surface area contributed by atoms with Gasteiger partial charge in [-0.1, -0.05) is 72.8 Å². The van der Waals surface area contributed by atoms with Crippen LogP contribution >= 0.6 is 0 Å². The summed E-state index contributed by atoms with van der Waals surface area (Å²) >= 11 is 0. The van der Waals surface area contributed by atoms with Gasteiger partial charge in [0.05, 0.1) is 22.7 Å². The monoisotopic (exact) mass is 441 g/mol. The minimum Gasteiger partial charge on any atom is -0.462 e. The molecule has 1 heterocycles. The summed E-state index contributed by atoms with van der Waals surface area (Å²) in [6, 6.07) is 23.2. The van der Waals surface area contributed by atoms with Gasteiger partial charge in [0, 0.05) is 17.2 Å². The van der Waals surface area contributed by atoms with E-state index < -0.39 is 16.7 Å². The third-order valence-corrected chi connectivity index (χ3v) is 5.03. The van der Waals surface area contributed by atoms with Crippen LogP contribution in [0.5, 0.6) is 0 Å². The second-order valence-electron chi connectivity index (χ2n) is 7.07. The van der Waals surface area contributed by atoms with Gasteiger partial charge in [0.15, 0.2) is 11.5 Å². The van der Waals surface area contributed by atoms with Gasteiger partial charge in [0.1, 0.15) is 11.3 Å². The zero-order valence-corrected chi connectivity index (χ0v) is 17.7. The molecule has 4 aromatic rings. The minimum atomic E-state index is -0.795. The normalized spacial score (nSPS) is 10.6. The maximum absolute atomic E-state index is 13.6. The molecule has 0 atom stereocenters. The third kappa shape index (κ3) is 4.16. The molecule has 0 N–H and O–H groups in total. The van der Waals surface area contributed by atoms with Crippen molar-refractivity contribution in [2.75, 3.05) is 6.61 Å². The van der Waals surface area contributed by atoms with Crippen molar-refractivity contribution >= 4 is 17.4 Å². The fourth-order valence-corrected chi connectivity index (χ4v) is 3.59. The van der Waals surface area contributed by atoms with Gasteiger partial charge in [-0.25, -0.2) is 4.79 Å². The molecule has 0 fully saturated rings. The van der Waals surface area contributed by atoms with Gasteiger partial charge >= 0.3 is 5.97 Å². The van der Waals surface area contributed by atoms with Crippen molar-refractivity contribution in [2.45, 2.75) is 6.92 Å². The average molecular weight is 441 g/mol. The maximum Gasteiger partial charge on any atom is 0.342 e. The standard InChI is InChI=1S/C26H19NO6/c1-2-32-26(29)22-21(23(28)17-11-5-3-6-12-17)24(18-13-7-4-8-14-18)33-25(22)19-15-9-10-16-20(19)27(30)31/h3-16H,2H2,1H3. The predicted octanol–water partition coefficient (Wildman–Crippen LogP) is 5.93. The number of ketones is 1. The molecule has 0 bridgehead atoms. The number of benzene rings is 3. The first-order valence-electron chi connectivity index (χ1n) is 10.3. The molecule has 0 aliphatic carbocycles. The molecule has 3 aromatic carbocycles. The zero-order valence-electron chi connectivity index (χ0n) is 17.7. The molecule has 0 amide bonds. The Morgan fingerprint density at radius 3 is 2.09 bits per heavy atom. The van der Waals surface area contributed by atoms with Crippen molar-refractivity contribution < 1.29 is 23.7 Å². The second-order valence-corrected chi connectivity index (χ2v) is 7.07. The van der Waals surface area contributed by atoms with E-state index in [9.17, 15) is 19.7 Å². The van der Waals surface area contributed by atoms with E-state index in [1.165, 1.54) is 18.2 Å². The van der Waals surface area contributed by atoms with E-state index in [-0.39, 0.29) is 40.5 Å². The SMILES string of the molecule is CCOC(=O)c1c(-c2ccccc2[N+](=O)[O-])oc(-c2ccccc2)c1C(=O)c1ccccc1. The second kappa shape index (κ2) is 9.32. The number of esters is 1. The summed E-state index contributed by atoms with van der Waals surface area (Å²) in [5.41, 5.74) is 0.574. The van der Waals surface area contributed by atoms with Gasteiger partial charge in [-0.2, -0.15) is 0 Å². The number of furan rings is 1. The van der Waals surface area contributed by atoms with Crippen LogP contribution in [-0.2, 0) is 4.74 Å². The summed E-state index contributed by atoms with van der Waals surface area (Å²) in [4.78, 5) is 37.9. The van der Waals surface area contributed by atoms with Crippen molar-refractivity contribution in [2.24, 2.45) is 0 Å². The minimum absolute atomic E-state index is 0.000925. The lowest BCUT2D eigenvalue weighted by Crippen LogP contribution is -2.12. The molecule has 0 aliphatic rings. The number of rotatable bonds is 7. The molecular weight excluding hydrogens is 422 g/mol. The first-order chi connectivity index (χ1) is 16.0. The fourth-order valence-electron chi connectivity index (χ4n) is 3.59. The lowest BCUT2D eigenvalue weighted by molar-refractivity contribution is -0.384. The molecule has 0 aliphatic heterocycles. The lowest BCUT2D eigenvalue weighted by atomic mass is 9.94. The molecule has 1 aromatic heterocycles. The Morgan fingerprint density at radius 2 is 1.45 bits per heavy atom. The van der Waals surface area contributed by atoms with Crippen LogP contribution < -0.4 is 0 Å². The summed E-state index contributed by atoms with van der Waals surface area (Å²) in [5, 5.41) is 11.7. The van der Waals surface area contributed by atoms with Crippen molar-refractivity contribution in [3.05, 3.63) is 112 Å². The Morgan fingerprint density at radius 1 is 0.848 bits per heavy atom. The van der Waals surface area contributed by atoms with Gasteiger partial charge < -0.3 is 9.15 Å². The number of nitro benzene ring substituents is 1. The van der Waals surface area contributed by atoms with Crippen LogP contribution in [0, 0.1) is 10.1 Å². The number of hydrogen-bond donors (Lipinski definition) is 0. The quantitative estimate of drug-likeness (QED) is 0.153. The Bertz CT molecular complexity index is 1330. The number of nitro groups is 1. The predicted molar refractivity (Wildman–Crippen MR) is 122 cm³/mol. The Kier molecular flexibility index (Phi) is 6.13. The largest absolute Gasteiger partial charge is 0.462 e. The molecule has 33 heavy (non-hydrogen) atoms. The van der Waals surface area contributed by atoms with E-state index in [1.54, 1.807) is 73.7 Å². The highest BCUT2D eigenvalue weighted by Gasteiger charge is 2.35. The van der Waals surface area contributed by atoms with Crippen LogP contribution in [0.25, 0.3) is 22.6 Å². The van der Waals surface area contributed by atoms with Crippen LogP contribution in [0.1, 0.15) is 33.2 Å². The lowest BCUT2D eigenvalue weighted by Gasteiger charge is -2.07. The number of carbonyl (C=O) groups excluding carboxylic acids is 2. The van der Waals surface area contributed by atoms with Gasteiger partial charge in [-0.05, 0) is 13.0 Å². The molecule has 0 radical (unpaired) electrons. The summed E-state index contributed by atoms with van der Waals surface area (Å²) in [6.07, 6.45) is 0. The van der Waals surface area contributed by atoms with Crippen LogP contribution in [0.15, 0.2) is 89.3 Å². The van der Waals surface area contributed by atoms with E-state index in [0.29, 0.717) is 11.1 Å². The van der Waals surface area contributed by atoms with Crippen molar-refractivity contribution in [1.29, 1.82) is 0 Å². The fraction of sp³-hybridized carbons (Fsp3) is 0.0769. The van der Waals surface area contributed by atoms with Crippen LogP contribution in [0.4, 0.5) is 5.69 Å². The van der Waals surface area contributed by atoms with E-state index in [2.05, 4.69) is 0 Å². The van der Waals surface area contributed by atoms with Crippen molar-refractivity contribution in [3.63, 3.8) is 0 Å². The number of nitrogens with zero attached hydrogens (tertiary/aromatic N) is 1. The molecule has 0 saturated carbocycles. The summed E-state index contributed by atoms with van der Waals surface area (Å²) in [7, 11) is 0. The number of ether oxygens (including phenoxy) is 1. The Labute approximate surface area is 189 Å². The van der Waals surface area contributed by atoms with Gasteiger partial charge in [-0.15, -0.1) is 0 Å². The van der Waals surface area contributed by atoms with Gasteiger partial charge in [-0.3, -0.25) is 14.9 Å². The molecule has 7 nitrogen and oxygen atoms in total. The van der Waals surface area contributed by atoms with Crippen LogP contribution in [0.3, 0.4) is 0 Å². The zero-order chi connectivity index (χ0) is 23.4. The summed E-state index contributed by atoms with van der Waals surface area (Å²) < 4.78 is 11.3. The van der Waals surface area contributed by atoms with E-state index in [4.69, 9.17) is 9.15 Å².